The summed E-state index contributed by atoms with van der Waals surface area (Å²) in [5.74, 6) is -1.32. The molecule has 2 saturated heterocycles. The first kappa shape index (κ1) is 17.5. The molecule has 2 unspecified atom stereocenters. The second-order valence-corrected chi connectivity index (χ2v) is 7.14. The van der Waals surface area contributed by atoms with Crippen LogP contribution < -0.4 is 0 Å². The highest BCUT2D eigenvalue weighted by atomic mass is 16.5. The maximum atomic E-state index is 12.6. The average Bonchev–Trinajstić information content (AvgIpc) is 2.92. The third kappa shape index (κ3) is 2.83. The van der Waals surface area contributed by atoms with E-state index in [4.69, 9.17) is 0 Å². The lowest BCUT2D eigenvalue weighted by Gasteiger charge is -2.43. The highest BCUT2D eigenvalue weighted by Gasteiger charge is 2.52. The van der Waals surface area contributed by atoms with E-state index in [2.05, 4.69) is 4.74 Å². The predicted molar refractivity (Wildman–Crippen MR) is 94.7 cm³/mol. The fourth-order valence-corrected chi connectivity index (χ4v) is 4.02. The largest absolute Gasteiger partial charge is 0.465 e. The Morgan fingerprint density at radius 3 is 1.96 bits per heavy atom. The monoisotopic (exact) mass is 368 g/mol. The topological polar surface area (TPSA) is 84.0 Å². The predicted octanol–water partition coefficient (Wildman–Crippen LogP) is 1.25. The van der Waals surface area contributed by atoms with Gasteiger partial charge in [-0.2, -0.15) is 0 Å². The highest BCUT2D eigenvalue weighted by molar-refractivity contribution is 6.06. The molecule has 0 radical (unpaired) electrons. The van der Waals surface area contributed by atoms with Crippen LogP contribution in [0.15, 0.2) is 36.4 Å². The summed E-state index contributed by atoms with van der Waals surface area (Å²) in [6.45, 7) is 0.698. The molecule has 0 spiro atoms. The lowest BCUT2D eigenvalue weighted by atomic mass is 9.85. The van der Waals surface area contributed by atoms with Gasteiger partial charge in [-0.25, -0.2) is 4.79 Å². The van der Waals surface area contributed by atoms with Gasteiger partial charge in [0.15, 0.2) is 0 Å². The van der Waals surface area contributed by atoms with Gasteiger partial charge < -0.3 is 9.64 Å². The molecular weight excluding hydrogens is 348 g/mol. The number of likely N-dealkylation sites (tertiary alicyclic amines) is 2. The number of allylic oxidation sites excluding steroid dienone is 2. The van der Waals surface area contributed by atoms with Gasteiger partial charge >= 0.3 is 5.97 Å². The van der Waals surface area contributed by atoms with E-state index in [1.54, 1.807) is 29.2 Å². The van der Waals surface area contributed by atoms with Crippen LogP contribution in [0, 0.1) is 11.8 Å². The molecular formula is C20H20N2O5. The number of esters is 1. The maximum absolute atomic E-state index is 12.6. The van der Waals surface area contributed by atoms with Crippen molar-refractivity contribution in [3.63, 3.8) is 0 Å². The van der Waals surface area contributed by atoms with Crippen molar-refractivity contribution in [2.45, 2.75) is 18.9 Å². The number of imide groups is 1. The Bertz CT molecular complexity index is 812. The Kier molecular flexibility index (Phi) is 4.30. The normalized spacial score (nSPS) is 24.6. The molecule has 2 atom stereocenters. The Hall–Kier alpha value is -2.96. The van der Waals surface area contributed by atoms with Crippen LogP contribution in [-0.2, 0) is 14.3 Å². The fourth-order valence-electron chi connectivity index (χ4n) is 4.02. The standard InChI is InChI=1S/C20H20N2O5/c1-27-20(26)13-8-6-12(7-9-13)17(23)21-10-14(11-21)22-18(24)15-4-2-3-5-16(15)19(22)25/h2-3,6-9,14-16H,4-5,10-11H2,1H3. The fraction of sp³-hybridized carbons (Fsp3) is 0.400. The van der Waals surface area contributed by atoms with Crippen LogP contribution in [0.3, 0.4) is 0 Å². The SMILES string of the molecule is COC(=O)c1ccc(C(=O)N2CC(N3C(=O)C4CC=CCC4C3=O)C2)cc1. The number of amides is 3. The van der Waals surface area contributed by atoms with Gasteiger partial charge in [0.25, 0.3) is 5.91 Å². The van der Waals surface area contributed by atoms with Gasteiger partial charge in [0.1, 0.15) is 0 Å². The molecule has 0 saturated carbocycles. The zero-order valence-electron chi connectivity index (χ0n) is 15.0. The molecule has 27 heavy (non-hydrogen) atoms. The number of carbonyl (C=O) groups is 4. The Balaban J connectivity index is 1.39. The van der Waals surface area contributed by atoms with Crippen molar-refractivity contribution in [2.24, 2.45) is 11.8 Å². The Labute approximate surface area is 156 Å². The number of rotatable bonds is 3. The second kappa shape index (κ2) is 6.64. The number of nitrogens with zero attached hydrogens (tertiary/aromatic N) is 2. The number of hydrogen-bond donors (Lipinski definition) is 0. The lowest BCUT2D eigenvalue weighted by Crippen LogP contribution is -2.62. The van der Waals surface area contributed by atoms with Crippen molar-refractivity contribution < 1.29 is 23.9 Å². The molecule has 1 aliphatic carbocycles. The van der Waals surface area contributed by atoms with E-state index in [-0.39, 0.29) is 35.6 Å². The molecule has 3 amide bonds. The maximum Gasteiger partial charge on any atom is 0.337 e. The van der Waals surface area contributed by atoms with Crippen molar-refractivity contribution in [1.82, 2.24) is 9.80 Å². The molecule has 0 bridgehead atoms. The minimum Gasteiger partial charge on any atom is -0.465 e. The number of ether oxygens (including phenoxy) is 1. The summed E-state index contributed by atoms with van der Waals surface area (Å²) in [7, 11) is 1.30. The van der Waals surface area contributed by atoms with Gasteiger partial charge in [0.05, 0.1) is 30.6 Å². The van der Waals surface area contributed by atoms with Crippen LogP contribution in [0.25, 0.3) is 0 Å². The van der Waals surface area contributed by atoms with Crippen molar-refractivity contribution in [2.75, 3.05) is 20.2 Å². The summed E-state index contributed by atoms with van der Waals surface area (Å²) >= 11 is 0. The highest BCUT2D eigenvalue weighted by Crippen LogP contribution is 2.37. The van der Waals surface area contributed by atoms with Crippen LogP contribution in [-0.4, -0.2) is 59.7 Å². The Morgan fingerprint density at radius 2 is 1.44 bits per heavy atom. The van der Waals surface area contributed by atoms with Gasteiger partial charge in [-0.1, -0.05) is 12.2 Å². The number of carbonyl (C=O) groups excluding carboxylic acids is 4. The molecule has 7 nitrogen and oxygen atoms in total. The summed E-state index contributed by atoms with van der Waals surface area (Å²) in [6.07, 6.45) is 5.16. The number of hydrogen-bond acceptors (Lipinski definition) is 5. The van der Waals surface area contributed by atoms with E-state index < -0.39 is 5.97 Å². The molecule has 1 aromatic carbocycles. The molecule has 0 aromatic heterocycles. The van der Waals surface area contributed by atoms with E-state index in [0.29, 0.717) is 37.1 Å². The zero-order chi connectivity index (χ0) is 19.1. The molecule has 4 rings (SSSR count). The van der Waals surface area contributed by atoms with Gasteiger partial charge in [0, 0.05) is 18.7 Å². The number of benzene rings is 1. The van der Waals surface area contributed by atoms with Crippen molar-refractivity contribution in [3.05, 3.63) is 47.5 Å². The summed E-state index contributed by atoms with van der Waals surface area (Å²) < 4.78 is 4.64. The summed E-state index contributed by atoms with van der Waals surface area (Å²) in [4.78, 5) is 52.2. The first-order valence-corrected chi connectivity index (χ1v) is 9.01. The number of methoxy groups -OCH3 is 1. The van der Waals surface area contributed by atoms with Crippen LogP contribution in [0.4, 0.5) is 0 Å². The number of fused-ring (bicyclic) bond motifs is 1. The van der Waals surface area contributed by atoms with E-state index in [0.717, 1.165) is 0 Å². The van der Waals surface area contributed by atoms with Crippen LogP contribution in [0.2, 0.25) is 0 Å². The molecule has 2 heterocycles. The lowest BCUT2D eigenvalue weighted by molar-refractivity contribution is -0.145. The molecule has 2 fully saturated rings. The average molecular weight is 368 g/mol. The van der Waals surface area contributed by atoms with Gasteiger partial charge in [-0.15, -0.1) is 0 Å². The van der Waals surface area contributed by atoms with Gasteiger partial charge in [-0.3, -0.25) is 19.3 Å². The molecule has 3 aliphatic rings. The summed E-state index contributed by atoms with van der Waals surface area (Å²) in [5, 5.41) is 0. The van der Waals surface area contributed by atoms with E-state index in [1.165, 1.54) is 12.0 Å². The van der Waals surface area contributed by atoms with E-state index >= 15 is 0 Å². The minimum absolute atomic E-state index is 0.103. The molecule has 140 valence electrons. The van der Waals surface area contributed by atoms with E-state index in [9.17, 15) is 19.2 Å². The van der Waals surface area contributed by atoms with Crippen molar-refractivity contribution in [1.29, 1.82) is 0 Å². The van der Waals surface area contributed by atoms with Gasteiger partial charge in [-0.05, 0) is 37.1 Å². The zero-order valence-corrected chi connectivity index (χ0v) is 15.0. The summed E-state index contributed by atoms with van der Waals surface area (Å²) in [6, 6.07) is 6.00. The molecule has 1 aromatic rings. The first-order chi connectivity index (χ1) is 13.0. The van der Waals surface area contributed by atoms with Crippen molar-refractivity contribution >= 4 is 23.7 Å². The second-order valence-electron chi connectivity index (χ2n) is 7.14. The minimum atomic E-state index is -0.458. The third-order valence-corrected chi connectivity index (χ3v) is 5.61. The van der Waals surface area contributed by atoms with Crippen LogP contribution >= 0.6 is 0 Å². The Morgan fingerprint density at radius 1 is 0.926 bits per heavy atom. The van der Waals surface area contributed by atoms with E-state index in [1.807, 2.05) is 12.2 Å². The third-order valence-electron chi connectivity index (χ3n) is 5.61. The quantitative estimate of drug-likeness (QED) is 0.455. The van der Waals surface area contributed by atoms with Crippen LogP contribution in [0.5, 0.6) is 0 Å². The first-order valence-electron chi connectivity index (χ1n) is 9.01. The van der Waals surface area contributed by atoms with Crippen molar-refractivity contribution in [3.8, 4) is 0 Å². The molecule has 2 aliphatic heterocycles. The molecule has 7 heteroatoms. The smallest absolute Gasteiger partial charge is 0.337 e. The summed E-state index contributed by atoms with van der Waals surface area (Å²) in [5.41, 5.74) is 0.832. The van der Waals surface area contributed by atoms with Crippen LogP contribution in [0.1, 0.15) is 33.6 Å². The van der Waals surface area contributed by atoms with Gasteiger partial charge in [0.2, 0.25) is 11.8 Å². The molecule has 0 N–H and O–H groups in total.